The highest BCUT2D eigenvalue weighted by molar-refractivity contribution is 7.99. The summed E-state index contributed by atoms with van der Waals surface area (Å²) in [6.45, 7) is 0. The number of anilines is 2. The van der Waals surface area contributed by atoms with Gasteiger partial charge in [-0.25, -0.2) is 9.69 Å². The van der Waals surface area contributed by atoms with Gasteiger partial charge in [0.05, 0.1) is 31.5 Å². The molecule has 3 nitrogen and oxygen atoms in total. The summed E-state index contributed by atoms with van der Waals surface area (Å²) in [6.07, 6.45) is -0.673. The van der Waals surface area contributed by atoms with Gasteiger partial charge < -0.3 is 4.74 Å². The summed E-state index contributed by atoms with van der Waals surface area (Å²) >= 11 is 32.3. The summed E-state index contributed by atoms with van der Waals surface area (Å²) in [6, 6.07) is 13.2. The molecular weight excluding hydrogens is 484 g/mol. The van der Waals surface area contributed by atoms with E-state index in [4.69, 9.17) is 62.7 Å². The zero-order valence-corrected chi connectivity index (χ0v) is 18.3. The molecule has 0 N–H and O–H groups in total. The molecule has 3 aromatic rings. The van der Waals surface area contributed by atoms with Crippen molar-refractivity contribution in [3.05, 3.63) is 73.6 Å². The minimum atomic E-state index is -0.673. The molecule has 0 fully saturated rings. The second-order valence-electron chi connectivity index (χ2n) is 5.70. The van der Waals surface area contributed by atoms with E-state index in [1.165, 1.54) is 16.7 Å². The number of rotatable bonds is 1. The predicted molar refractivity (Wildman–Crippen MR) is 117 cm³/mol. The van der Waals surface area contributed by atoms with Crippen LogP contribution in [0.4, 0.5) is 16.2 Å². The summed E-state index contributed by atoms with van der Waals surface area (Å²) < 4.78 is 5.53. The monoisotopic (exact) mass is 489 g/mol. The Kier molecular flexibility index (Phi) is 5.62. The van der Waals surface area contributed by atoms with E-state index in [2.05, 4.69) is 0 Å². The van der Waals surface area contributed by atoms with E-state index in [1.54, 1.807) is 48.5 Å². The van der Waals surface area contributed by atoms with Gasteiger partial charge >= 0.3 is 6.09 Å². The lowest BCUT2D eigenvalue weighted by molar-refractivity contribution is 0.210. The Hall–Kier alpha value is -1.27. The van der Waals surface area contributed by atoms with Crippen LogP contribution in [-0.2, 0) is 0 Å². The summed E-state index contributed by atoms with van der Waals surface area (Å²) in [5.41, 5.74) is 0.916. The lowest BCUT2D eigenvalue weighted by Crippen LogP contribution is -2.31. The normalized spacial score (nSPS) is 12.4. The van der Waals surface area contributed by atoms with E-state index in [1.807, 2.05) is 0 Å². The number of benzene rings is 3. The minimum absolute atomic E-state index is 0.233. The van der Waals surface area contributed by atoms with Crippen LogP contribution in [0.2, 0.25) is 25.1 Å². The highest BCUT2D eigenvalue weighted by atomic mass is 35.5. The molecule has 28 heavy (non-hydrogen) atoms. The maximum Gasteiger partial charge on any atom is 0.424 e. The zero-order chi connectivity index (χ0) is 20.0. The van der Waals surface area contributed by atoms with Crippen LogP contribution in [0, 0.1) is 0 Å². The molecule has 0 saturated heterocycles. The van der Waals surface area contributed by atoms with E-state index in [9.17, 15) is 4.79 Å². The Morgan fingerprint density at radius 2 is 1.50 bits per heavy atom. The molecular formula is C19H8Cl5NO2S. The molecule has 0 unspecified atom stereocenters. The number of carbonyl (C=O) groups excluding carboxylic acids is 1. The number of hydrogen-bond acceptors (Lipinski definition) is 3. The Bertz CT molecular complexity index is 1100. The SMILES string of the molecule is O=C(Oc1ccc(Cl)cc1)N1c2cc(Cl)c(Cl)cc2Sc2ccc(Cl)c(Cl)c21. The van der Waals surface area contributed by atoms with Crippen LogP contribution in [0.3, 0.4) is 0 Å². The van der Waals surface area contributed by atoms with Gasteiger partial charge in [0.15, 0.2) is 0 Å². The third-order valence-electron chi connectivity index (χ3n) is 3.92. The Labute approximate surface area is 190 Å². The van der Waals surface area contributed by atoms with Crippen molar-refractivity contribution >= 4 is 87.2 Å². The molecule has 0 saturated carbocycles. The number of halogens is 5. The van der Waals surface area contributed by atoms with Crippen LogP contribution in [0.5, 0.6) is 5.75 Å². The highest BCUT2D eigenvalue weighted by Crippen LogP contribution is 2.54. The van der Waals surface area contributed by atoms with Gasteiger partial charge in [-0.05, 0) is 48.5 Å². The topological polar surface area (TPSA) is 29.5 Å². The highest BCUT2D eigenvalue weighted by Gasteiger charge is 2.33. The van der Waals surface area contributed by atoms with Crippen LogP contribution >= 0.6 is 69.8 Å². The number of carbonyl (C=O) groups is 1. The van der Waals surface area contributed by atoms with E-state index in [0.717, 1.165) is 9.79 Å². The fraction of sp³-hybridized carbons (Fsp3) is 0. The first-order valence-corrected chi connectivity index (χ1v) is 10.5. The average Bonchev–Trinajstić information content (AvgIpc) is 2.66. The van der Waals surface area contributed by atoms with Gasteiger partial charge in [0, 0.05) is 14.8 Å². The zero-order valence-electron chi connectivity index (χ0n) is 13.7. The molecule has 1 aliphatic rings. The lowest BCUT2D eigenvalue weighted by Gasteiger charge is -2.31. The molecule has 0 bridgehead atoms. The molecule has 1 aliphatic heterocycles. The number of amides is 1. The molecule has 4 rings (SSSR count). The van der Waals surface area contributed by atoms with Crippen molar-refractivity contribution in [3.8, 4) is 5.75 Å². The minimum Gasteiger partial charge on any atom is -0.410 e. The van der Waals surface area contributed by atoms with Gasteiger partial charge in [0.2, 0.25) is 0 Å². The van der Waals surface area contributed by atoms with Gasteiger partial charge in [-0.15, -0.1) is 0 Å². The largest absolute Gasteiger partial charge is 0.424 e. The first kappa shape index (κ1) is 20.0. The Morgan fingerprint density at radius 3 is 2.21 bits per heavy atom. The van der Waals surface area contributed by atoms with Crippen molar-refractivity contribution in [2.24, 2.45) is 0 Å². The number of fused-ring (bicyclic) bond motifs is 2. The fourth-order valence-electron chi connectivity index (χ4n) is 2.67. The van der Waals surface area contributed by atoms with Crippen LogP contribution in [-0.4, -0.2) is 6.09 Å². The second-order valence-corrected chi connectivity index (χ2v) is 8.82. The molecule has 9 heteroatoms. The Morgan fingerprint density at radius 1 is 0.821 bits per heavy atom. The molecule has 3 aromatic carbocycles. The van der Waals surface area contributed by atoms with Gasteiger partial charge in [0.25, 0.3) is 0 Å². The lowest BCUT2D eigenvalue weighted by atomic mass is 10.2. The van der Waals surface area contributed by atoms with Crippen molar-refractivity contribution in [1.82, 2.24) is 0 Å². The van der Waals surface area contributed by atoms with Gasteiger partial charge in [-0.3, -0.25) is 0 Å². The molecule has 0 aromatic heterocycles. The average molecular weight is 492 g/mol. The van der Waals surface area contributed by atoms with Crippen LogP contribution in [0.25, 0.3) is 0 Å². The second kappa shape index (κ2) is 7.86. The van der Waals surface area contributed by atoms with Crippen molar-refractivity contribution in [3.63, 3.8) is 0 Å². The van der Waals surface area contributed by atoms with Crippen LogP contribution in [0.1, 0.15) is 0 Å². The molecule has 1 amide bonds. The molecule has 0 atom stereocenters. The van der Waals surface area contributed by atoms with Crippen molar-refractivity contribution in [2.75, 3.05) is 4.90 Å². The maximum absolute atomic E-state index is 13.1. The summed E-state index contributed by atoms with van der Waals surface area (Å²) in [4.78, 5) is 15.9. The number of hydrogen-bond donors (Lipinski definition) is 0. The maximum atomic E-state index is 13.1. The van der Waals surface area contributed by atoms with E-state index >= 15 is 0 Å². The van der Waals surface area contributed by atoms with Crippen LogP contribution < -0.4 is 9.64 Å². The standard InChI is InChI=1S/C19H8Cl5NO2S/c20-9-1-3-10(4-2-9)27-19(26)25-14-7-12(22)13(23)8-16(14)28-15-6-5-11(21)17(24)18(15)25/h1-8H. The van der Waals surface area contributed by atoms with E-state index in [0.29, 0.717) is 37.2 Å². The quantitative estimate of drug-likeness (QED) is 0.341. The van der Waals surface area contributed by atoms with Gasteiger partial charge in [0.1, 0.15) is 5.75 Å². The van der Waals surface area contributed by atoms with E-state index in [-0.39, 0.29) is 5.02 Å². The molecule has 0 aliphatic carbocycles. The number of ether oxygens (including phenoxy) is 1. The Balaban J connectivity index is 1.85. The summed E-state index contributed by atoms with van der Waals surface area (Å²) in [5, 5.41) is 1.75. The van der Waals surface area contributed by atoms with Gasteiger partial charge in [-0.1, -0.05) is 69.8 Å². The third-order valence-corrected chi connectivity index (χ3v) is 6.78. The molecule has 0 spiro atoms. The molecule has 0 radical (unpaired) electrons. The van der Waals surface area contributed by atoms with Crippen LogP contribution in [0.15, 0.2) is 58.3 Å². The van der Waals surface area contributed by atoms with Crippen molar-refractivity contribution < 1.29 is 9.53 Å². The first-order chi connectivity index (χ1) is 13.3. The smallest absolute Gasteiger partial charge is 0.410 e. The molecule has 142 valence electrons. The first-order valence-electron chi connectivity index (χ1n) is 7.77. The van der Waals surface area contributed by atoms with Crippen molar-refractivity contribution in [1.29, 1.82) is 0 Å². The fourth-order valence-corrected chi connectivity index (χ4v) is 4.73. The predicted octanol–water partition coefficient (Wildman–Crippen LogP) is 8.76. The summed E-state index contributed by atoms with van der Waals surface area (Å²) in [7, 11) is 0. The van der Waals surface area contributed by atoms with Crippen molar-refractivity contribution in [2.45, 2.75) is 9.79 Å². The molecule has 1 heterocycles. The summed E-state index contributed by atoms with van der Waals surface area (Å²) in [5.74, 6) is 0.328. The van der Waals surface area contributed by atoms with Gasteiger partial charge in [-0.2, -0.15) is 0 Å². The number of nitrogens with zero attached hydrogens (tertiary/aromatic N) is 1. The van der Waals surface area contributed by atoms with E-state index < -0.39 is 6.09 Å². The third kappa shape index (κ3) is 3.65.